The summed E-state index contributed by atoms with van der Waals surface area (Å²) in [4.78, 5) is 19.2. The summed E-state index contributed by atoms with van der Waals surface area (Å²) in [6, 6.07) is 0. The molecule has 1 fully saturated rings. The van der Waals surface area contributed by atoms with Crippen molar-refractivity contribution in [3.8, 4) is 0 Å². The van der Waals surface area contributed by atoms with Gasteiger partial charge in [-0.15, -0.1) is 0 Å². The number of aromatic nitrogens is 2. The van der Waals surface area contributed by atoms with E-state index in [0.717, 1.165) is 43.7 Å². The standard InChI is InChI=1S/C11H15N3O2/c15-11-7-3-4-12-6-8(7)13-10(14-11)9-2-1-5-16-9/h9,12H,1-6H2,(H,13,14,15). The third-order valence-electron chi connectivity index (χ3n) is 3.20. The van der Waals surface area contributed by atoms with Gasteiger partial charge in [-0.05, 0) is 25.8 Å². The minimum atomic E-state index is -0.0140. The summed E-state index contributed by atoms with van der Waals surface area (Å²) in [5.74, 6) is 0.699. The molecule has 86 valence electrons. The van der Waals surface area contributed by atoms with Crippen LogP contribution in [0.25, 0.3) is 0 Å². The Hall–Kier alpha value is -1.20. The molecule has 0 spiro atoms. The predicted molar refractivity (Wildman–Crippen MR) is 58.2 cm³/mol. The Morgan fingerprint density at radius 1 is 1.44 bits per heavy atom. The summed E-state index contributed by atoms with van der Waals surface area (Å²) in [5, 5.41) is 3.23. The van der Waals surface area contributed by atoms with Crippen LogP contribution in [0.3, 0.4) is 0 Å². The van der Waals surface area contributed by atoms with Gasteiger partial charge in [-0.2, -0.15) is 0 Å². The quantitative estimate of drug-likeness (QED) is 0.714. The summed E-state index contributed by atoms with van der Waals surface area (Å²) in [6.45, 7) is 2.32. The molecule has 0 saturated carbocycles. The molecule has 3 rings (SSSR count). The third kappa shape index (κ3) is 1.66. The largest absolute Gasteiger partial charge is 0.370 e. The van der Waals surface area contributed by atoms with Crippen LogP contribution < -0.4 is 10.9 Å². The van der Waals surface area contributed by atoms with Crippen LogP contribution in [0.2, 0.25) is 0 Å². The number of ether oxygens (including phenoxy) is 1. The molecule has 1 atom stereocenters. The maximum atomic E-state index is 11.9. The summed E-state index contributed by atoms with van der Waals surface area (Å²) in [5.41, 5.74) is 1.73. The van der Waals surface area contributed by atoms with E-state index in [9.17, 15) is 4.79 Å². The highest BCUT2D eigenvalue weighted by molar-refractivity contribution is 5.21. The number of hydrogen-bond donors (Lipinski definition) is 2. The van der Waals surface area contributed by atoms with Crippen molar-refractivity contribution in [2.24, 2.45) is 0 Å². The number of aromatic amines is 1. The van der Waals surface area contributed by atoms with Crippen molar-refractivity contribution in [3.05, 3.63) is 27.4 Å². The van der Waals surface area contributed by atoms with Crippen LogP contribution in [0.15, 0.2) is 4.79 Å². The first-order valence-electron chi connectivity index (χ1n) is 5.79. The van der Waals surface area contributed by atoms with E-state index >= 15 is 0 Å². The van der Waals surface area contributed by atoms with Gasteiger partial charge >= 0.3 is 0 Å². The zero-order valence-corrected chi connectivity index (χ0v) is 9.08. The van der Waals surface area contributed by atoms with E-state index in [1.807, 2.05) is 0 Å². The molecule has 0 bridgehead atoms. The number of hydrogen-bond acceptors (Lipinski definition) is 4. The first kappa shape index (κ1) is 9.99. The van der Waals surface area contributed by atoms with Gasteiger partial charge in [0.25, 0.3) is 5.56 Å². The second kappa shape index (κ2) is 3.99. The Kier molecular flexibility index (Phi) is 2.49. The maximum absolute atomic E-state index is 11.9. The number of nitrogens with zero attached hydrogens (tertiary/aromatic N) is 1. The van der Waals surface area contributed by atoms with Crippen molar-refractivity contribution in [3.63, 3.8) is 0 Å². The van der Waals surface area contributed by atoms with Gasteiger partial charge in [0.15, 0.2) is 0 Å². The van der Waals surface area contributed by atoms with Gasteiger partial charge in [-0.25, -0.2) is 4.98 Å². The molecule has 2 N–H and O–H groups in total. The topological polar surface area (TPSA) is 67.0 Å². The predicted octanol–water partition coefficient (Wildman–Crippen LogP) is 0.267. The Bertz CT molecular complexity index is 449. The van der Waals surface area contributed by atoms with Gasteiger partial charge < -0.3 is 15.0 Å². The van der Waals surface area contributed by atoms with Gasteiger partial charge in [-0.1, -0.05) is 0 Å². The average molecular weight is 221 g/mol. The van der Waals surface area contributed by atoms with Gasteiger partial charge in [0.2, 0.25) is 0 Å². The fourth-order valence-corrected chi connectivity index (χ4v) is 2.33. The van der Waals surface area contributed by atoms with Crippen LogP contribution in [0.5, 0.6) is 0 Å². The fourth-order valence-electron chi connectivity index (χ4n) is 2.33. The Morgan fingerprint density at radius 3 is 3.19 bits per heavy atom. The minimum absolute atomic E-state index is 0.0111. The Labute approximate surface area is 93.2 Å². The van der Waals surface area contributed by atoms with E-state index in [4.69, 9.17) is 4.74 Å². The Balaban J connectivity index is 2.01. The zero-order chi connectivity index (χ0) is 11.0. The SMILES string of the molecule is O=c1[nH]c(C2CCCO2)nc2c1CCNC2. The van der Waals surface area contributed by atoms with Crippen molar-refractivity contribution in [2.75, 3.05) is 13.2 Å². The molecular weight excluding hydrogens is 206 g/mol. The van der Waals surface area contributed by atoms with Crippen molar-refractivity contribution in [1.82, 2.24) is 15.3 Å². The van der Waals surface area contributed by atoms with Crippen LogP contribution in [0.1, 0.15) is 36.0 Å². The highest BCUT2D eigenvalue weighted by Gasteiger charge is 2.23. The van der Waals surface area contributed by atoms with Crippen molar-refractivity contribution >= 4 is 0 Å². The molecule has 5 heteroatoms. The Morgan fingerprint density at radius 2 is 2.38 bits per heavy atom. The summed E-state index contributed by atoms with van der Waals surface area (Å²) in [7, 11) is 0. The highest BCUT2D eigenvalue weighted by atomic mass is 16.5. The van der Waals surface area contributed by atoms with E-state index in [2.05, 4.69) is 15.3 Å². The molecule has 3 heterocycles. The lowest BCUT2D eigenvalue weighted by Gasteiger charge is -2.17. The third-order valence-corrected chi connectivity index (χ3v) is 3.20. The first-order valence-corrected chi connectivity index (χ1v) is 5.79. The molecule has 5 nitrogen and oxygen atoms in total. The average Bonchev–Trinajstić information content (AvgIpc) is 2.82. The molecule has 1 saturated heterocycles. The summed E-state index contributed by atoms with van der Waals surface area (Å²) in [6.07, 6.45) is 2.75. The van der Waals surface area contributed by atoms with Gasteiger partial charge in [0.1, 0.15) is 11.9 Å². The molecule has 1 aromatic heterocycles. The van der Waals surface area contributed by atoms with Crippen LogP contribution >= 0.6 is 0 Å². The number of fused-ring (bicyclic) bond motifs is 1. The van der Waals surface area contributed by atoms with E-state index in [0.29, 0.717) is 12.4 Å². The molecular formula is C11H15N3O2. The van der Waals surface area contributed by atoms with Crippen LogP contribution in [0, 0.1) is 0 Å². The summed E-state index contributed by atoms with van der Waals surface area (Å²) < 4.78 is 5.53. The van der Waals surface area contributed by atoms with E-state index in [-0.39, 0.29) is 11.7 Å². The lowest BCUT2D eigenvalue weighted by molar-refractivity contribution is 0.104. The number of rotatable bonds is 1. The van der Waals surface area contributed by atoms with Crippen molar-refractivity contribution in [2.45, 2.75) is 31.9 Å². The molecule has 0 aromatic carbocycles. The monoisotopic (exact) mass is 221 g/mol. The van der Waals surface area contributed by atoms with Crippen molar-refractivity contribution in [1.29, 1.82) is 0 Å². The maximum Gasteiger partial charge on any atom is 0.254 e. The lowest BCUT2D eigenvalue weighted by Crippen LogP contribution is -2.32. The minimum Gasteiger partial charge on any atom is -0.370 e. The highest BCUT2D eigenvalue weighted by Crippen LogP contribution is 2.25. The molecule has 2 aliphatic rings. The molecule has 0 radical (unpaired) electrons. The second-order valence-electron chi connectivity index (χ2n) is 4.30. The molecule has 1 aromatic rings. The smallest absolute Gasteiger partial charge is 0.254 e. The van der Waals surface area contributed by atoms with Crippen LogP contribution in [-0.2, 0) is 17.7 Å². The fraction of sp³-hybridized carbons (Fsp3) is 0.636. The number of nitrogens with one attached hydrogen (secondary N) is 2. The van der Waals surface area contributed by atoms with Gasteiger partial charge in [0.05, 0.1) is 5.69 Å². The van der Waals surface area contributed by atoms with E-state index in [1.165, 1.54) is 0 Å². The molecule has 16 heavy (non-hydrogen) atoms. The number of H-pyrrole nitrogens is 1. The molecule has 2 aliphatic heterocycles. The van der Waals surface area contributed by atoms with Crippen molar-refractivity contribution < 1.29 is 4.74 Å². The second-order valence-corrected chi connectivity index (χ2v) is 4.30. The first-order chi connectivity index (χ1) is 7.84. The molecule has 0 amide bonds. The summed E-state index contributed by atoms with van der Waals surface area (Å²) >= 11 is 0. The van der Waals surface area contributed by atoms with Gasteiger partial charge in [-0.3, -0.25) is 4.79 Å². The van der Waals surface area contributed by atoms with E-state index < -0.39 is 0 Å². The van der Waals surface area contributed by atoms with Crippen LogP contribution in [-0.4, -0.2) is 23.1 Å². The molecule has 0 aliphatic carbocycles. The zero-order valence-electron chi connectivity index (χ0n) is 9.08. The van der Waals surface area contributed by atoms with E-state index in [1.54, 1.807) is 0 Å². The van der Waals surface area contributed by atoms with Gasteiger partial charge in [0, 0.05) is 18.7 Å². The van der Waals surface area contributed by atoms with Crippen LogP contribution in [0.4, 0.5) is 0 Å². The molecule has 1 unspecified atom stereocenters. The normalized spacial score (nSPS) is 24.4. The lowest BCUT2D eigenvalue weighted by atomic mass is 10.1.